The molecular weight excluding hydrogens is 338 g/mol. The third kappa shape index (κ3) is 4.03. The lowest BCUT2D eigenvalue weighted by atomic mass is 9.74. The van der Waals surface area contributed by atoms with Gasteiger partial charge in [0.15, 0.2) is 0 Å². The Morgan fingerprint density at radius 3 is 2.22 bits per heavy atom. The van der Waals surface area contributed by atoms with Crippen molar-refractivity contribution in [2.75, 3.05) is 6.54 Å². The van der Waals surface area contributed by atoms with Crippen LogP contribution in [-0.4, -0.2) is 29.9 Å². The standard InChI is InChI=1S/C22H27N3O2/c1-15(23)20(26)25-22(2)19(17-11-7-4-8-12-17)13-18(14-24-21(22)27)16-9-5-3-6-10-16/h3-12,15,18-19H,13-14,23H2,1-2H3,(H,24,27)(H,25,26)/t15-,18-,19+,22-/m0/s1. The van der Waals surface area contributed by atoms with E-state index in [0.29, 0.717) is 6.54 Å². The highest BCUT2D eigenvalue weighted by molar-refractivity contribution is 5.93. The Labute approximate surface area is 160 Å². The monoisotopic (exact) mass is 365 g/mol. The van der Waals surface area contributed by atoms with Gasteiger partial charge in [-0.25, -0.2) is 0 Å². The molecule has 2 aromatic carbocycles. The molecule has 0 aliphatic carbocycles. The molecular formula is C22H27N3O2. The molecule has 5 heteroatoms. The summed E-state index contributed by atoms with van der Waals surface area (Å²) < 4.78 is 0. The third-order valence-corrected chi connectivity index (χ3v) is 5.47. The van der Waals surface area contributed by atoms with Crippen LogP contribution in [0.5, 0.6) is 0 Å². The van der Waals surface area contributed by atoms with Gasteiger partial charge >= 0.3 is 0 Å². The highest BCUT2D eigenvalue weighted by Crippen LogP contribution is 2.39. The van der Waals surface area contributed by atoms with Gasteiger partial charge in [-0.05, 0) is 31.4 Å². The fourth-order valence-corrected chi connectivity index (χ4v) is 3.81. The van der Waals surface area contributed by atoms with Crippen LogP contribution in [0.15, 0.2) is 60.7 Å². The molecule has 3 rings (SSSR count). The van der Waals surface area contributed by atoms with E-state index in [1.54, 1.807) is 13.8 Å². The average Bonchev–Trinajstić information content (AvgIpc) is 2.80. The van der Waals surface area contributed by atoms with E-state index in [0.717, 1.165) is 12.0 Å². The maximum atomic E-state index is 13.1. The smallest absolute Gasteiger partial charge is 0.246 e. The van der Waals surface area contributed by atoms with Gasteiger partial charge in [-0.3, -0.25) is 9.59 Å². The number of hydrogen-bond donors (Lipinski definition) is 3. The van der Waals surface area contributed by atoms with E-state index in [1.165, 1.54) is 5.56 Å². The van der Waals surface area contributed by atoms with Crippen molar-refractivity contribution in [2.45, 2.75) is 43.7 Å². The molecule has 4 N–H and O–H groups in total. The predicted octanol–water partition coefficient (Wildman–Crippen LogP) is 2.30. The van der Waals surface area contributed by atoms with Crippen molar-refractivity contribution < 1.29 is 9.59 Å². The summed E-state index contributed by atoms with van der Waals surface area (Å²) in [5.41, 5.74) is 6.89. The Morgan fingerprint density at radius 2 is 1.67 bits per heavy atom. The molecule has 142 valence electrons. The molecule has 1 aliphatic rings. The number of rotatable bonds is 4. The molecule has 0 saturated carbocycles. The normalized spacial score (nSPS) is 26.6. The second-order valence-corrected chi connectivity index (χ2v) is 7.50. The van der Waals surface area contributed by atoms with E-state index in [-0.39, 0.29) is 23.7 Å². The van der Waals surface area contributed by atoms with Crippen molar-refractivity contribution in [3.8, 4) is 0 Å². The van der Waals surface area contributed by atoms with Gasteiger partial charge in [0.2, 0.25) is 11.8 Å². The van der Waals surface area contributed by atoms with Crippen LogP contribution < -0.4 is 16.4 Å². The maximum absolute atomic E-state index is 13.1. The fourth-order valence-electron chi connectivity index (χ4n) is 3.81. The fraction of sp³-hybridized carbons (Fsp3) is 0.364. The number of nitrogens with two attached hydrogens (primary N) is 1. The van der Waals surface area contributed by atoms with E-state index in [9.17, 15) is 9.59 Å². The number of benzene rings is 2. The first kappa shape index (κ1) is 19.1. The minimum absolute atomic E-state index is 0.161. The van der Waals surface area contributed by atoms with E-state index < -0.39 is 11.6 Å². The summed E-state index contributed by atoms with van der Waals surface area (Å²) in [5, 5.41) is 5.96. The van der Waals surface area contributed by atoms with E-state index in [1.807, 2.05) is 48.5 Å². The zero-order chi connectivity index (χ0) is 19.4. The number of hydrogen-bond acceptors (Lipinski definition) is 3. The molecule has 4 atom stereocenters. The lowest BCUT2D eigenvalue weighted by Crippen LogP contribution is -2.61. The molecule has 0 bridgehead atoms. The van der Waals surface area contributed by atoms with Crippen LogP contribution in [0.3, 0.4) is 0 Å². The molecule has 27 heavy (non-hydrogen) atoms. The largest absolute Gasteiger partial charge is 0.353 e. The second kappa shape index (κ2) is 7.92. The zero-order valence-corrected chi connectivity index (χ0v) is 15.8. The van der Waals surface area contributed by atoms with Crippen molar-refractivity contribution >= 4 is 11.8 Å². The van der Waals surface area contributed by atoms with Crippen LogP contribution >= 0.6 is 0 Å². The van der Waals surface area contributed by atoms with Crippen molar-refractivity contribution in [1.82, 2.24) is 10.6 Å². The minimum atomic E-state index is -1.07. The molecule has 2 amide bonds. The molecule has 0 spiro atoms. The highest BCUT2D eigenvalue weighted by atomic mass is 16.2. The molecule has 5 nitrogen and oxygen atoms in total. The van der Waals surface area contributed by atoms with Gasteiger partial charge in [0.05, 0.1) is 6.04 Å². The first-order chi connectivity index (χ1) is 12.9. The Hall–Kier alpha value is -2.66. The lowest BCUT2D eigenvalue weighted by Gasteiger charge is -2.36. The molecule has 1 heterocycles. The van der Waals surface area contributed by atoms with Crippen molar-refractivity contribution in [1.29, 1.82) is 0 Å². The summed E-state index contributed by atoms with van der Waals surface area (Å²) in [6.07, 6.45) is 0.739. The maximum Gasteiger partial charge on any atom is 0.246 e. The van der Waals surface area contributed by atoms with Gasteiger partial charge in [0.1, 0.15) is 5.54 Å². The first-order valence-electron chi connectivity index (χ1n) is 9.37. The van der Waals surface area contributed by atoms with Gasteiger partial charge in [-0.15, -0.1) is 0 Å². The summed E-state index contributed by atoms with van der Waals surface area (Å²) in [7, 11) is 0. The Bertz CT molecular complexity index is 792. The number of amides is 2. The van der Waals surface area contributed by atoms with Gasteiger partial charge in [-0.1, -0.05) is 60.7 Å². The number of carbonyl (C=O) groups excluding carboxylic acids is 2. The summed E-state index contributed by atoms with van der Waals surface area (Å²) in [6.45, 7) is 3.96. The molecule has 2 aromatic rings. The van der Waals surface area contributed by atoms with Gasteiger partial charge in [-0.2, -0.15) is 0 Å². The van der Waals surface area contributed by atoms with E-state index >= 15 is 0 Å². The van der Waals surface area contributed by atoms with Crippen LogP contribution in [0.25, 0.3) is 0 Å². The van der Waals surface area contributed by atoms with Gasteiger partial charge in [0.25, 0.3) is 0 Å². The van der Waals surface area contributed by atoms with Crippen LogP contribution in [0, 0.1) is 0 Å². The topological polar surface area (TPSA) is 84.2 Å². The number of nitrogens with one attached hydrogen (secondary N) is 2. The summed E-state index contributed by atoms with van der Waals surface area (Å²) in [4.78, 5) is 25.5. The summed E-state index contributed by atoms with van der Waals surface area (Å²) in [6, 6.07) is 19.4. The second-order valence-electron chi connectivity index (χ2n) is 7.50. The molecule has 1 saturated heterocycles. The summed E-state index contributed by atoms with van der Waals surface area (Å²) >= 11 is 0. The molecule has 0 radical (unpaired) electrons. The van der Waals surface area contributed by atoms with Crippen molar-refractivity contribution in [3.05, 3.63) is 71.8 Å². The third-order valence-electron chi connectivity index (χ3n) is 5.47. The van der Waals surface area contributed by atoms with E-state index in [2.05, 4.69) is 22.8 Å². The minimum Gasteiger partial charge on any atom is -0.353 e. The Morgan fingerprint density at radius 1 is 1.11 bits per heavy atom. The van der Waals surface area contributed by atoms with Gasteiger partial charge in [0, 0.05) is 18.4 Å². The lowest BCUT2D eigenvalue weighted by molar-refractivity contribution is -0.133. The van der Waals surface area contributed by atoms with E-state index in [4.69, 9.17) is 5.73 Å². The van der Waals surface area contributed by atoms with Crippen molar-refractivity contribution in [2.24, 2.45) is 5.73 Å². The van der Waals surface area contributed by atoms with Crippen molar-refractivity contribution in [3.63, 3.8) is 0 Å². The SMILES string of the molecule is C[C@H](N)C(=O)N[C@]1(C)C(=O)NC[C@@H](c2ccccc2)C[C@@H]1c1ccccc1. The Balaban J connectivity index is 2.02. The molecule has 0 unspecified atom stereocenters. The molecule has 1 fully saturated rings. The Kier molecular flexibility index (Phi) is 5.61. The van der Waals surface area contributed by atoms with Crippen LogP contribution in [-0.2, 0) is 9.59 Å². The highest BCUT2D eigenvalue weighted by Gasteiger charge is 2.46. The van der Waals surface area contributed by atoms with Crippen LogP contribution in [0.1, 0.15) is 43.2 Å². The predicted molar refractivity (Wildman–Crippen MR) is 106 cm³/mol. The molecule has 0 aromatic heterocycles. The quantitative estimate of drug-likeness (QED) is 0.777. The number of carbonyl (C=O) groups is 2. The average molecular weight is 365 g/mol. The molecule has 1 aliphatic heterocycles. The van der Waals surface area contributed by atoms with Crippen LogP contribution in [0.4, 0.5) is 0 Å². The first-order valence-corrected chi connectivity index (χ1v) is 9.37. The summed E-state index contributed by atoms with van der Waals surface area (Å²) in [5.74, 6) is -0.515. The van der Waals surface area contributed by atoms with Crippen LogP contribution in [0.2, 0.25) is 0 Å². The van der Waals surface area contributed by atoms with Gasteiger partial charge < -0.3 is 16.4 Å². The zero-order valence-electron chi connectivity index (χ0n) is 15.8.